The second-order valence-corrected chi connectivity index (χ2v) is 6.40. The number of rotatable bonds is 6. The molecule has 0 saturated heterocycles. The lowest BCUT2D eigenvalue weighted by Gasteiger charge is -2.21. The Bertz CT molecular complexity index is 730. The maximum absolute atomic E-state index is 9.64. The lowest BCUT2D eigenvalue weighted by molar-refractivity contribution is 0.272. The van der Waals surface area contributed by atoms with Gasteiger partial charge in [0.1, 0.15) is 17.3 Å². The van der Waals surface area contributed by atoms with Gasteiger partial charge in [0.25, 0.3) is 0 Å². The molecule has 2 aromatic heterocycles. The van der Waals surface area contributed by atoms with Crippen LogP contribution in [0.3, 0.4) is 0 Å². The quantitative estimate of drug-likeness (QED) is 0.762. The Balaban J connectivity index is 1.95. The topological polar surface area (TPSA) is 62.3 Å². The molecule has 2 heterocycles. The summed E-state index contributed by atoms with van der Waals surface area (Å²) in [5.74, 6) is 1.19. The molecule has 0 fully saturated rings. The van der Waals surface area contributed by atoms with E-state index in [2.05, 4.69) is 16.0 Å². The normalized spacial score (nSPS) is 13.6. The molecule has 0 amide bonds. The van der Waals surface area contributed by atoms with Gasteiger partial charge in [-0.1, -0.05) is 0 Å². The minimum atomic E-state index is 0.448. The first kappa shape index (κ1) is 16.5. The number of pyridine rings is 1. The van der Waals surface area contributed by atoms with Crippen LogP contribution in [0.5, 0.6) is 5.88 Å². The van der Waals surface area contributed by atoms with E-state index in [4.69, 9.17) is 9.15 Å². The van der Waals surface area contributed by atoms with E-state index in [0.717, 1.165) is 61.2 Å². The van der Waals surface area contributed by atoms with E-state index in [1.807, 2.05) is 26.2 Å². The number of hydrogen-bond acceptors (Lipinski definition) is 5. The van der Waals surface area contributed by atoms with Gasteiger partial charge in [0.05, 0.1) is 12.9 Å². The number of nitrogens with zero attached hydrogens (tertiary/aromatic N) is 3. The summed E-state index contributed by atoms with van der Waals surface area (Å²) >= 11 is 0. The van der Waals surface area contributed by atoms with Gasteiger partial charge in [-0.2, -0.15) is 5.26 Å². The Morgan fingerprint density at radius 1 is 1.29 bits per heavy atom. The number of hydrogen-bond donors (Lipinski definition) is 0. The van der Waals surface area contributed by atoms with Gasteiger partial charge < -0.3 is 14.1 Å². The summed E-state index contributed by atoms with van der Waals surface area (Å²) in [5.41, 5.74) is 3.67. The molecule has 0 bridgehead atoms. The number of fused-ring (bicyclic) bond motifs is 1. The van der Waals surface area contributed by atoms with Crippen molar-refractivity contribution in [2.24, 2.45) is 0 Å². The predicted molar refractivity (Wildman–Crippen MR) is 92.0 cm³/mol. The Morgan fingerprint density at radius 2 is 2.08 bits per heavy atom. The summed E-state index contributed by atoms with van der Waals surface area (Å²) in [7, 11) is 4.07. The van der Waals surface area contributed by atoms with Crippen LogP contribution in [0.2, 0.25) is 0 Å². The summed E-state index contributed by atoms with van der Waals surface area (Å²) in [5, 5.41) is 9.64. The highest BCUT2D eigenvalue weighted by atomic mass is 16.5. The minimum Gasteiger partial charge on any atom is -0.477 e. The van der Waals surface area contributed by atoms with Crippen LogP contribution >= 0.6 is 0 Å². The zero-order valence-corrected chi connectivity index (χ0v) is 14.3. The monoisotopic (exact) mass is 325 g/mol. The van der Waals surface area contributed by atoms with Crippen LogP contribution in [0, 0.1) is 11.3 Å². The fourth-order valence-corrected chi connectivity index (χ4v) is 3.18. The van der Waals surface area contributed by atoms with Crippen LogP contribution in [-0.4, -0.2) is 37.1 Å². The average Bonchev–Trinajstić information content (AvgIpc) is 3.12. The van der Waals surface area contributed by atoms with Crippen LogP contribution < -0.4 is 4.74 Å². The SMILES string of the molecule is CN(C)CCCOc1nc(-c2ccco2)c2c(c1C#N)CCCC2. The van der Waals surface area contributed by atoms with Crippen LogP contribution in [0.1, 0.15) is 36.0 Å². The van der Waals surface area contributed by atoms with Gasteiger partial charge in [-0.15, -0.1) is 0 Å². The van der Waals surface area contributed by atoms with Crippen LogP contribution in [0.4, 0.5) is 0 Å². The van der Waals surface area contributed by atoms with E-state index in [0.29, 0.717) is 18.1 Å². The molecular formula is C19H23N3O2. The molecule has 1 aliphatic carbocycles. The fraction of sp³-hybridized carbons (Fsp3) is 0.474. The summed E-state index contributed by atoms with van der Waals surface area (Å²) in [6.45, 7) is 1.49. The van der Waals surface area contributed by atoms with Crippen LogP contribution in [0.15, 0.2) is 22.8 Å². The van der Waals surface area contributed by atoms with Gasteiger partial charge in [-0.25, -0.2) is 4.98 Å². The second kappa shape index (κ2) is 7.50. The summed E-state index contributed by atoms with van der Waals surface area (Å²) in [6.07, 6.45) is 6.62. The van der Waals surface area contributed by atoms with Crippen molar-refractivity contribution in [3.05, 3.63) is 35.1 Å². The first-order valence-corrected chi connectivity index (χ1v) is 8.48. The van der Waals surface area contributed by atoms with Gasteiger partial charge in [0, 0.05) is 6.54 Å². The Morgan fingerprint density at radius 3 is 2.75 bits per heavy atom. The number of furan rings is 1. The standard InChI is InChI=1S/C19H23N3O2/c1-22(2)10-6-12-24-19-16(13-20)14-7-3-4-8-15(14)18(21-19)17-9-5-11-23-17/h5,9,11H,3-4,6-8,10,12H2,1-2H3. The van der Waals surface area contributed by atoms with E-state index in [1.165, 1.54) is 0 Å². The summed E-state index contributed by atoms with van der Waals surface area (Å²) < 4.78 is 11.4. The van der Waals surface area contributed by atoms with Crippen molar-refractivity contribution in [3.63, 3.8) is 0 Å². The fourth-order valence-electron chi connectivity index (χ4n) is 3.18. The molecule has 0 aliphatic heterocycles. The summed E-state index contributed by atoms with van der Waals surface area (Å²) in [4.78, 5) is 6.78. The largest absolute Gasteiger partial charge is 0.477 e. The van der Waals surface area contributed by atoms with Crippen LogP contribution in [0.25, 0.3) is 11.5 Å². The molecule has 0 radical (unpaired) electrons. The molecule has 0 atom stereocenters. The lowest BCUT2D eigenvalue weighted by atomic mass is 9.87. The molecule has 3 rings (SSSR count). The molecule has 24 heavy (non-hydrogen) atoms. The number of nitriles is 1. The zero-order chi connectivity index (χ0) is 16.9. The molecule has 2 aromatic rings. The second-order valence-electron chi connectivity index (χ2n) is 6.40. The zero-order valence-electron chi connectivity index (χ0n) is 14.3. The molecular weight excluding hydrogens is 302 g/mol. The molecule has 1 aliphatic rings. The van der Waals surface area contributed by atoms with Crippen molar-refractivity contribution in [2.45, 2.75) is 32.1 Å². The van der Waals surface area contributed by atoms with Crippen LogP contribution in [-0.2, 0) is 12.8 Å². The molecule has 0 N–H and O–H groups in total. The highest BCUT2D eigenvalue weighted by molar-refractivity contribution is 5.65. The smallest absolute Gasteiger partial charge is 0.232 e. The van der Waals surface area contributed by atoms with Crippen molar-refractivity contribution in [2.75, 3.05) is 27.2 Å². The Kier molecular flexibility index (Phi) is 5.17. The third-order valence-corrected chi connectivity index (χ3v) is 4.34. The van der Waals surface area contributed by atoms with Crippen molar-refractivity contribution in [1.29, 1.82) is 5.26 Å². The average molecular weight is 325 g/mol. The van der Waals surface area contributed by atoms with Gasteiger partial charge >= 0.3 is 0 Å². The van der Waals surface area contributed by atoms with Crippen molar-refractivity contribution in [3.8, 4) is 23.4 Å². The maximum atomic E-state index is 9.64. The van der Waals surface area contributed by atoms with E-state index in [-0.39, 0.29) is 0 Å². The van der Waals surface area contributed by atoms with E-state index >= 15 is 0 Å². The summed E-state index contributed by atoms with van der Waals surface area (Å²) in [6, 6.07) is 6.10. The van der Waals surface area contributed by atoms with E-state index in [9.17, 15) is 5.26 Å². The van der Waals surface area contributed by atoms with Crippen molar-refractivity contribution in [1.82, 2.24) is 9.88 Å². The Hall–Kier alpha value is -2.32. The molecule has 126 valence electrons. The van der Waals surface area contributed by atoms with Crippen molar-refractivity contribution < 1.29 is 9.15 Å². The maximum Gasteiger partial charge on any atom is 0.232 e. The van der Waals surface area contributed by atoms with Gasteiger partial charge in [-0.3, -0.25) is 0 Å². The number of aromatic nitrogens is 1. The highest BCUT2D eigenvalue weighted by Gasteiger charge is 2.24. The van der Waals surface area contributed by atoms with Gasteiger partial charge in [0.15, 0.2) is 5.76 Å². The van der Waals surface area contributed by atoms with E-state index in [1.54, 1.807) is 6.26 Å². The first-order chi connectivity index (χ1) is 11.7. The van der Waals surface area contributed by atoms with Crippen molar-refractivity contribution >= 4 is 0 Å². The molecule has 5 nitrogen and oxygen atoms in total. The predicted octanol–water partition coefficient (Wildman–Crippen LogP) is 3.42. The molecule has 0 saturated carbocycles. The molecule has 0 unspecified atom stereocenters. The lowest BCUT2D eigenvalue weighted by Crippen LogP contribution is -2.17. The van der Waals surface area contributed by atoms with E-state index < -0.39 is 0 Å². The Labute approximate surface area is 142 Å². The third-order valence-electron chi connectivity index (χ3n) is 4.34. The minimum absolute atomic E-state index is 0.448. The molecule has 0 spiro atoms. The number of ether oxygens (including phenoxy) is 1. The molecule has 0 aromatic carbocycles. The van der Waals surface area contributed by atoms with Gasteiger partial charge in [-0.05, 0) is 69.5 Å². The molecule has 5 heteroatoms. The first-order valence-electron chi connectivity index (χ1n) is 8.48. The third kappa shape index (κ3) is 3.44. The highest BCUT2D eigenvalue weighted by Crippen LogP contribution is 2.36. The van der Waals surface area contributed by atoms with Gasteiger partial charge in [0.2, 0.25) is 5.88 Å².